The third-order valence-electron chi connectivity index (χ3n) is 4.75. The molecule has 0 aromatic heterocycles. The molecule has 6 heteroatoms. The smallest absolute Gasteiger partial charge is 0.337 e. The molecule has 4 unspecified atom stereocenters. The van der Waals surface area contributed by atoms with Gasteiger partial charge in [0.15, 0.2) is 5.60 Å². The molecule has 0 aromatic rings. The zero-order valence-corrected chi connectivity index (χ0v) is 11.0. The van der Waals surface area contributed by atoms with Crippen molar-refractivity contribution in [3.63, 3.8) is 0 Å². The van der Waals surface area contributed by atoms with Crippen LogP contribution in [0.5, 0.6) is 0 Å². The van der Waals surface area contributed by atoms with Crippen molar-refractivity contribution in [3.05, 3.63) is 0 Å². The van der Waals surface area contributed by atoms with Gasteiger partial charge in [-0.1, -0.05) is 0 Å². The molecule has 6 nitrogen and oxygen atoms in total. The first kappa shape index (κ1) is 12.9. The van der Waals surface area contributed by atoms with Gasteiger partial charge in [-0.05, 0) is 19.3 Å². The van der Waals surface area contributed by atoms with E-state index >= 15 is 0 Å². The van der Waals surface area contributed by atoms with Crippen LogP contribution in [-0.4, -0.2) is 59.9 Å². The lowest BCUT2D eigenvalue weighted by atomic mass is 9.88. The molecule has 1 N–H and O–H groups in total. The number of amides is 1. The van der Waals surface area contributed by atoms with E-state index in [-0.39, 0.29) is 30.6 Å². The van der Waals surface area contributed by atoms with Gasteiger partial charge in [-0.2, -0.15) is 0 Å². The Morgan fingerprint density at radius 3 is 2.68 bits per heavy atom. The SMILES string of the molecule is COC1(C(=O)O)CCN(C(=O)C2CC3CCC2O3)C1. The normalized spacial score (nSPS) is 40.9. The summed E-state index contributed by atoms with van der Waals surface area (Å²) in [6.45, 7) is 0.596. The molecule has 106 valence electrons. The van der Waals surface area contributed by atoms with Gasteiger partial charge in [0, 0.05) is 20.1 Å². The van der Waals surface area contributed by atoms with Gasteiger partial charge in [0.1, 0.15) is 0 Å². The molecule has 0 radical (unpaired) electrons. The van der Waals surface area contributed by atoms with Gasteiger partial charge in [0.25, 0.3) is 0 Å². The maximum absolute atomic E-state index is 12.5. The molecule has 3 rings (SSSR count). The van der Waals surface area contributed by atoms with Crippen molar-refractivity contribution in [2.24, 2.45) is 5.92 Å². The number of likely N-dealkylation sites (tertiary alicyclic amines) is 1. The molecule has 1 amide bonds. The van der Waals surface area contributed by atoms with Crippen molar-refractivity contribution in [1.29, 1.82) is 0 Å². The zero-order chi connectivity index (χ0) is 13.6. The summed E-state index contributed by atoms with van der Waals surface area (Å²) in [4.78, 5) is 25.4. The summed E-state index contributed by atoms with van der Waals surface area (Å²) in [6.07, 6.45) is 3.40. The molecule has 3 heterocycles. The van der Waals surface area contributed by atoms with E-state index in [1.165, 1.54) is 7.11 Å². The summed E-state index contributed by atoms with van der Waals surface area (Å²) in [6, 6.07) is 0. The molecule has 0 spiro atoms. The molecule has 3 aliphatic heterocycles. The first-order chi connectivity index (χ1) is 9.05. The number of carbonyl (C=O) groups excluding carboxylic acids is 1. The summed E-state index contributed by atoms with van der Waals surface area (Å²) >= 11 is 0. The van der Waals surface area contributed by atoms with Crippen LogP contribution in [0.3, 0.4) is 0 Å². The second-order valence-corrected chi connectivity index (χ2v) is 5.73. The van der Waals surface area contributed by atoms with Crippen LogP contribution in [0.1, 0.15) is 25.7 Å². The number of nitrogens with zero attached hydrogens (tertiary/aromatic N) is 1. The highest BCUT2D eigenvalue weighted by atomic mass is 16.5. The third-order valence-corrected chi connectivity index (χ3v) is 4.75. The quantitative estimate of drug-likeness (QED) is 0.795. The molecule has 0 aromatic carbocycles. The number of hydrogen-bond donors (Lipinski definition) is 1. The fourth-order valence-corrected chi connectivity index (χ4v) is 3.53. The molecule has 19 heavy (non-hydrogen) atoms. The average Bonchev–Trinajstić information content (AvgIpc) is 3.12. The number of methoxy groups -OCH3 is 1. The standard InChI is InChI=1S/C13H19NO5/c1-18-13(12(16)17)4-5-14(7-13)11(15)9-6-8-2-3-10(9)19-8/h8-10H,2-7H2,1H3,(H,16,17). The van der Waals surface area contributed by atoms with E-state index in [4.69, 9.17) is 9.47 Å². The summed E-state index contributed by atoms with van der Waals surface area (Å²) in [5, 5.41) is 9.25. The predicted octanol–water partition coefficient (Wildman–Crippen LogP) is 0.256. The summed E-state index contributed by atoms with van der Waals surface area (Å²) < 4.78 is 10.8. The number of aliphatic carboxylic acids is 1. The monoisotopic (exact) mass is 269 g/mol. The predicted molar refractivity (Wildman–Crippen MR) is 64.6 cm³/mol. The van der Waals surface area contributed by atoms with E-state index < -0.39 is 11.6 Å². The lowest BCUT2D eigenvalue weighted by Gasteiger charge is -2.26. The van der Waals surface area contributed by atoms with Crippen molar-refractivity contribution < 1.29 is 24.2 Å². The largest absolute Gasteiger partial charge is 0.479 e. The fourth-order valence-electron chi connectivity index (χ4n) is 3.53. The van der Waals surface area contributed by atoms with Gasteiger partial charge in [0.2, 0.25) is 5.91 Å². The number of rotatable bonds is 3. The Morgan fingerprint density at radius 1 is 1.42 bits per heavy atom. The highest BCUT2D eigenvalue weighted by molar-refractivity contribution is 5.84. The van der Waals surface area contributed by atoms with Crippen molar-refractivity contribution in [2.75, 3.05) is 20.2 Å². The number of ether oxygens (including phenoxy) is 2. The number of carboxylic acid groups (broad SMARTS) is 1. The summed E-state index contributed by atoms with van der Waals surface area (Å²) in [7, 11) is 1.39. The second-order valence-electron chi connectivity index (χ2n) is 5.73. The van der Waals surface area contributed by atoms with E-state index in [2.05, 4.69) is 0 Å². The molecular formula is C13H19NO5. The summed E-state index contributed by atoms with van der Waals surface area (Å²) in [5.74, 6) is -1.04. The van der Waals surface area contributed by atoms with Crippen molar-refractivity contribution >= 4 is 11.9 Å². The second kappa shape index (κ2) is 4.45. The Morgan fingerprint density at radius 2 is 2.21 bits per heavy atom. The van der Waals surface area contributed by atoms with Crippen molar-refractivity contribution in [1.82, 2.24) is 4.90 Å². The first-order valence-electron chi connectivity index (χ1n) is 6.78. The minimum atomic E-state index is -1.23. The van der Waals surface area contributed by atoms with Crippen LogP contribution < -0.4 is 0 Å². The Hall–Kier alpha value is -1.14. The Balaban J connectivity index is 1.68. The van der Waals surface area contributed by atoms with Crippen LogP contribution in [0.4, 0.5) is 0 Å². The van der Waals surface area contributed by atoms with Gasteiger partial charge in [-0.15, -0.1) is 0 Å². The lowest BCUT2D eigenvalue weighted by Crippen LogP contribution is -2.46. The van der Waals surface area contributed by atoms with E-state index in [1.54, 1.807) is 4.90 Å². The minimum Gasteiger partial charge on any atom is -0.479 e. The molecule has 2 bridgehead atoms. The van der Waals surface area contributed by atoms with Crippen LogP contribution in [0.25, 0.3) is 0 Å². The third kappa shape index (κ3) is 1.94. The number of hydrogen-bond acceptors (Lipinski definition) is 4. The van der Waals surface area contributed by atoms with Crippen LogP contribution >= 0.6 is 0 Å². The van der Waals surface area contributed by atoms with Crippen LogP contribution in [0.2, 0.25) is 0 Å². The van der Waals surface area contributed by atoms with E-state index in [0.717, 1.165) is 19.3 Å². The Bertz CT molecular complexity index is 412. The fraction of sp³-hybridized carbons (Fsp3) is 0.846. The molecular weight excluding hydrogens is 250 g/mol. The Labute approximate surface area is 111 Å². The molecule has 0 saturated carbocycles. The highest BCUT2D eigenvalue weighted by Gasteiger charge is 2.51. The maximum Gasteiger partial charge on any atom is 0.337 e. The molecule has 0 aliphatic carbocycles. The molecule has 3 fully saturated rings. The molecule has 4 atom stereocenters. The first-order valence-corrected chi connectivity index (χ1v) is 6.78. The van der Waals surface area contributed by atoms with E-state index in [9.17, 15) is 14.7 Å². The van der Waals surface area contributed by atoms with Gasteiger partial charge in [-0.3, -0.25) is 4.79 Å². The number of carbonyl (C=O) groups is 2. The van der Waals surface area contributed by atoms with Gasteiger partial charge in [-0.25, -0.2) is 4.79 Å². The molecule has 3 saturated heterocycles. The van der Waals surface area contributed by atoms with Crippen molar-refractivity contribution in [3.8, 4) is 0 Å². The zero-order valence-electron chi connectivity index (χ0n) is 11.0. The lowest BCUT2D eigenvalue weighted by molar-refractivity contribution is -0.161. The number of carboxylic acids is 1. The maximum atomic E-state index is 12.5. The average molecular weight is 269 g/mol. The van der Waals surface area contributed by atoms with E-state index in [0.29, 0.717) is 13.0 Å². The van der Waals surface area contributed by atoms with Gasteiger partial charge >= 0.3 is 5.97 Å². The van der Waals surface area contributed by atoms with E-state index in [1.807, 2.05) is 0 Å². The summed E-state index contributed by atoms with van der Waals surface area (Å²) in [5.41, 5.74) is -1.23. The van der Waals surface area contributed by atoms with Gasteiger partial charge in [0.05, 0.1) is 24.7 Å². The van der Waals surface area contributed by atoms with Crippen LogP contribution in [0.15, 0.2) is 0 Å². The molecule has 3 aliphatic rings. The van der Waals surface area contributed by atoms with Crippen molar-refractivity contribution in [2.45, 2.75) is 43.5 Å². The van der Waals surface area contributed by atoms with Crippen LogP contribution in [-0.2, 0) is 19.1 Å². The van der Waals surface area contributed by atoms with Crippen LogP contribution in [0, 0.1) is 5.92 Å². The number of fused-ring (bicyclic) bond motifs is 2. The highest BCUT2D eigenvalue weighted by Crippen LogP contribution is 2.40. The minimum absolute atomic E-state index is 0.0346. The Kier molecular flexibility index (Phi) is 3.02. The van der Waals surface area contributed by atoms with Gasteiger partial charge < -0.3 is 19.5 Å². The topological polar surface area (TPSA) is 76.1 Å².